The largest absolute Gasteiger partial charge is 0.312 e. The van der Waals surface area contributed by atoms with Crippen molar-refractivity contribution in [1.29, 1.82) is 0 Å². The fourth-order valence-electron chi connectivity index (χ4n) is 3.81. The topological polar surface area (TPSA) is 64.7 Å². The number of para-hydroxylation sites is 1. The Labute approximate surface area is 160 Å². The van der Waals surface area contributed by atoms with Crippen molar-refractivity contribution in [3.8, 4) is 5.69 Å². The second-order valence-electron chi connectivity index (χ2n) is 6.75. The summed E-state index contributed by atoms with van der Waals surface area (Å²) < 4.78 is 3.58. The minimum absolute atomic E-state index is 0.0437. The lowest BCUT2D eigenvalue weighted by Crippen LogP contribution is -2.27. The van der Waals surface area contributed by atoms with E-state index in [-0.39, 0.29) is 11.6 Å². The van der Waals surface area contributed by atoms with Crippen LogP contribution >= 0.6 is 11.3 Å². The molecular formula is C20H19N5OS. The maximum absolute atomic E-state index is 13.4. The van der Waals surface area contributed by atoms with Crippen LogP contribution in [0.3, 0.4) is 0 Å². The minimum Gasteiger partial charge on any atom is -0.312 e. The van der Waals surface area contributed by atoms with Crippen molar-refractivity contribution >= 4 is 21.6 Å². The van der Waals surface area contributed by atoms with E-state index in [1.165, 1.54) is 10.4 Å². The molecule has 27 heavy (non-hydrogen) atoms. The normalized spacial score (nSPS) is 15.0. The predicted molar refractivity (Wildman–Crippen MR) is 107 cm³/mol. The highest BCUT2D eigenvalue weighted by Crippen LogP contribution is 2.31. The van der Waals surface area contributed by atoms with Gasteiger partial charge in [0.25, 0.3) is 5.56 Å². The lowest BCUT2D eigenvalue weighted by Gasteiger charge is -2.19. The number of hydrogen-bond acceptors (Lipinski definition) is 5. The predicted octanol–water partition coefficient (Wildman–Crippen LogP) is 2.90. The Hall–Kier alpha value is -2.77. The summed E-state index contributed by atoms with van der Waals surface area (Å²) in [4.78, 5) is 20.1. The third-order valence-electron chi connectivity index (χ3n) is 5.21. The number of fused-ring (bicyclic) bond motifs is 3. The van der Waals surface area contributed by atoms with E-state index in [1.807, 2.05) is 48.1 Å². The first-order valence-corrected chi connectivity index (χ1v) is 9.86. The van der Waals surface area contributed by atoms with Crippen LogP contribution in [0.25, 0.3) is 15.9 Å². The number of aromatic nitrogens is 4. The molecule has 3 aromatic heterocycles. The Morgan fingerprint density at radius 3 is 3.00 bits per heavy atom. The minimum atomic E-state index is -0.146. The van der Waals surface area contributed by atoms with E-state index in [9.17, 15) is 4.79 Å². The molecule has 0 aliphatic carbocycles. The number of nitrogens with one attached hydrogen (secondary N) is 1. The SMILES string of the molecule is C[C@H](c1ccccc1-n1cccn1)n1cnc2sc3c(c2c1=O)CCNC3. The Morgan fingerprint density at radius 2 is 2.15 bits per heavy atom. The fourth-order valence-corrected chi connectivity index (χ4v) is 4.96. The van der Waals surface area contributed by atoms with Crippen molar-refractivity contribution in [3.05, 3.63) is 75.4 Å². The molecular weight excluding hydrogens is 358 g/mol. The molecule has 0 saturated carbocycles. The van der Waals surface area contributed by atoms with Crippen molar-refractivity contribution < 1.29 is 0 Å². The van der Waals surface area contributed by atoms with Crippen LogP contribution in [0.15, 0.2) is 53.8 Å². The molecule has 1 atom stereocenters. The Bertz CT molecular complexity index is 1180. The van der Waals surface area contributed by atoms with Crippen LogP contribution in [0, 0.1) is 0 Å². The van der Waals surface area contributed by atoms with Gasteiger partial charge in [0, 0.05) is 29.4 Å². The van der Waals surface area contributed by atoms with Gasteiger partial charge in [0.1, 0.15) is 4.83 Å². The molecule has 1 aliphatic heterocycles. The molecule has 1 aromatic carbocycles. The molecule has 0 unspecified atom stereocenters. The molecule has 0 amide bonds. The first kappa shape index (κ1) is 16.4. The average molecular weight is 377 g/mol. The first-order valence-electron chi connectivity index (χ1n) is 9.05. The summed E-state index contributed by atoms with van der Waals surface area (Å²) in [7, 11) is 0. The Morgan fingerprint density at radius 1 is 1.26 bits per heavy atom. The zero-order valence-corrected chi connectivity index (χ0v) is 15.7. The molecule has 6 nitrogen and oxygen atoms in total. The molecule has 0 fully saturated rings. The van der Waals surface area contributed by atoms with Gasteiger partial charge < -0.3 is 5.32 Å². The molecule has 0 bridgehead atoms. The molecule has 4 heterocycles. The Balaban J connectivity index is 1.67. The number of rotatable bonds is 3. The van der Waals surface area contributed by atoms with E-state index < -0.39 is 0 Å². The third-order valence-corrected chi connectivity index (χ3v) is 6.35. The van der Waals surface area contributed by atoms with Crippen molar-refractivity contribution in [2.24, 2.45) is 0 Å². The van der Waals surface area contributed by atoms with Crippen LogP contribution in [0.5, 0.6) is 0 Å². The second-order valence-corrected chi connectivity index (χ2v) is 7.84. The summed E-state index contributed by atoms with van der Waals surface area (Å²) in [6.45, 7) is 3.77. The monoisotopic (exact) mass is 377 g/mol. The summed E-state index contributed by atoms with van der Waals surface area (Å²) in [5.41, 5.74) is 3.23. The van der Waals surface area contributed by atoms with Crippen LogP contribution in [-0.2, 0) is 13.0 Å². The average Bonchev–Trinajstić information content (AvgIpc) is 3.36. The van der Waals surface area contributed by atoms with Gasteiger partial charge in [-0.25, -0.2) is 9.67 Å². The summed E-state index contributed by atoms with van der Waals surface area (Å²) in [6, 6.07) is 9.80. The summed E-state index contributed by atoms with van der Waals surface area (Å²) >= 11 is 1.63. The fraction of sp³-hybridized carbons (Fsp3) is 0.250. The van der Waals surface area contributed by atoms with Gasteiger partial charge in [0.2, 0.25) is 0 Å². The molecule has 0 radical (unpaired) electrons. The number of thiophene rings is 1. The zero-order chi connectivity index (χ0) is 18.4. The van der Waals surface area contributed by atoms with Crippen LogP contribution < -0.4 is 10.9 Å². The lowest BCUT2D eigenvalue weighted by molar-refractivity contribution is 0.602. The number of hydrogen-bond donors (Lipinski definition) is 1. The highest BCUT2D eigenvalue weighted by atomic mass is 32.1. The van der Waals surface area contributed by atoms with Crippen molar-refractivity contribution in [2.45, 2.75) is 25.9 Å². The van der Waals surface area contributed by atoms with Gasteiger partial charge in [-0.15, -0.1) is 11.3 Å². The highest BCUT2D eigenvalue weighted by molar-refractivity contribution is 7.18. The van der Waals surface area contributed by atoms with E-state index in [1.54, 1.807) is 28.4 Å². The molecule has 1 aliphatic rings. The molecule has 5 rings (SSSR count). The Kier molecular flexibility index (Phi) is 3.91. The molecule has 0 saturated heterocycles. The maximum Gasteiger partial charge on any atom is 0.262 e. The molecule has 7 heteroatoms. The highest BCUT2D eigenvalue weighted by Gasteiger charge is 2.22. The van der Waals surface area contributed by atoms with E-state index >= 15 is 0 Å². The smallest absolute Gasteiger partial charge is 0.262 e. The van der Waals surface area contributed by atoms with Gasteiger partial charge in [-0.3, -0.25) is 9.36 Å². The van der Waals surface area contributed by atoms with E-state index in [4.69, 9.17) is 0 Å². The summed E-state index contributed by atoms with van der Waals surface area (Å²) in [5, 5.41) is 8.52. The van der Waals surface area contributed by atoms with Crippen molar-refractivity contribution in [1.82, 2.24) is 24.6 Å². The molecule has 4 aromatic rings. The summed E-state index contributed by atoms with van der Waals surface area (Å²) in [5.74, 6) is 0. The van der Waals surface area contributed by atoms with Gasteiger partial charge in [0.15, 0.2) is 0 Å². The molecule has 1 N–H and O–H groups in total. The van der Waals surface area contributed by atoms with Gasteiger partial charge in [-0.1, -0.05) is 18.2 Å². The zero-order valence-electron chi connectivity index (χ0n) is 14.9. The van der Waals surface area contributed by atoms with Crippen molar-refractivity contribution in [2.75, 3.05) is 6.54 Å². The van der Waals surface area contributed by atoms with Gasteiger partial charge in [-0.05, 0) is 37.6 Å². The van der Waals surface area contributed by atoms with Crippen LogP contribution in [0.4, 0.5) is 0 Å². The van der Waals surface area contributed by atoms with E-state index in [2.05, 4.69) is 15.4 Å². The maximum atomic E-state index is 13.4. The van der Waals surface area contributed by atoms with Crippen LogP contribution in [-0.4, -0.2) is 25.9 Å². The van der Waals surface area contributed by atoms with Crippen molar-refractivity contribution in [3.63, 3.8) is 0 Å². The van der Waals surface area contributed by atoms with Crippen LogP contribution in [0.1, 0.15) is 29.0 Å². The van der Waals surface area contributed by atoms with Gasteiger partial charge >= 0.3 is 0 Å². The second kappa shape index (κ2) is 6.44. The standard InChI is InChI=1S/C20H19N5OS/c1-13(14-5-2-3-6-16(14)25-10-4-8-23-25)24-12-22-19-18(20(24)26)15-7-9-21-11-17(15)27-19/h2-6,8,10,12-13,21H,7,9,11H2,1H3/t13-/m1/s1. The molecule has 136 valence electrons. The third kappa shape index (κ3) is 2.62. The quantitative estimate of drug-likeness (QED) is 0.596. The van der Waals surface area contributed by atoms with Gasteiger partial charge in [-0.2, -0.15) is 5.10 Å². The van der Waals surface area contributed by atoms with E-state index in [0.717, 1.165) is 41.0 Å². The van der Waals surface area contributed by atoms with Gasteiger partial charge in [0.05, 0.1) is 23.4 Å². The van der Waals surface area contributed by atoms with Crippen LogP contribution in [0.2, 0.25) is 0 Å². The molecule has 0 spiro atoms. The summed E-state index contributed by atoms with van der Waals surface area (Å²) in [6.07, 6.45) is 6.24. The lowest BCUT2D eigenvalue weighted by atomic mass is 10.0. The number of benzene rings is 1. The van der Waals surface area contributed by atoms with E-state index in [0.29, 0.717) is 0 Å². The number of nitrogens with zero attached hydrogens (tertiary/aromatic N) is 4. The first-order chi connectivity index (χ1) is 13.2.